The lowest BCUT2D eigenvalue weighted by Crippen LogP contribution is -2.60. The van der Waals surface area contributed by atoms with Gasteiger partial charge in [-0.1, -0.05) is 67.1 Å². The Kier molecular flexibility index (Phi) is 5.67. The van der Waals surface area contributed by atoms with E-state index in [4.69, 9.17) is 10.8 Å². The summed E-state index contributed by atoms with van der Waals surface area (Å²) in [5.74, 6) is 0. The zero-order valence-corrected chi connectivity index (χ0v) is 14.3. The molecule has 0 spiro atoms. The van der Waals surface area contributed by atoms with Crippen molar-refractivity contribution in [3.63, 3.8) is 0 Å². The standard InChI is InChI=1S/C21H28N2O/c22-15-21(13-7-8-14-24)16-23(17-21)20(18-9-3-1-4-10-18)19-11-5-2-6-12-19/h1-6,9-12,20,24H,7-8,13-17,22H2. The summed E-state index contributed by atoms with van der Waals surface area (Å²) in [6, 6.07) is 21.7. The maximum atomic E-state index is 9.02. The average molecular weight is 324 g/mol. The number of likely N-dealkylation sites (tertiary alicyclic amines) is 1. The molecule has 1 heterocycles. The second-order valence-electron chi connectivity index (χ2n) is 7.01. The first-order chi connectivity index (χ1) is 11.8. The largest absolute Gasteiger partial charge is 0.396 e. The Hall–Kier alpha value is -1.68. The van der Waals surface area contributed by atoms with Crippen LogP contribution in [-0.2, 0) is 0 Å². The van der Waals surface area contributed by atoms with Crippen LogP contribution >= 0.6 is 0 Å². The van der Waals surface area contributed by atoms with Gasteiger partial charge in [-0.15, -0.1) is 0 Å². The van der Waals surface area contributed by atoms with Gasteiger partial charge in [-0.3, -0.25) is 4.90 Å². The quantitative estimate of drug-likeness (QED) is 0.733. The molecule has 0 saturated carbocycles. The summed E-state index contributed by atoms with van der Waals surface area (Å²) in [5, 5.41) is 9.02. The van der Waals surface area contributed by atoms with Crippen LogP contribution < -0.4 is 5.73 Å². The van der Waals surface area contributed by atoms with Crippen molar-refractivity contribution in [2.24, 2.45) is 11.1 Å². The van der Waals surface area contributed by atoms with Crippen molar-refractivity contribution in [1.82, 2.24) is 4.90 Å². The number of unbranched alkanes of at least 4 members (excludes halogenated alkanes) is 1. The smallest absolute Gasteiger partial charge is 0.0602 e. The van der Waals surface area contributed by atoms with Crippen LogP contribution in [0.15, 0.2) is 60.7 Å². The van der Waals surface area contributed by atoms with Crippen molar-refractivity contribution in [1.29, 1.82) is 0 Å². The summed E-state index contributed by atoms with van der Waals surface area (Å²) in [6.45, 7) is 3.07. The molecule has 0 aromatic heterocycles. The number of aliphatic hydroxyl groups excluding tert-OH is 1. The molecular weight excluding hydrogens is 296 g/mol. The summed E-state index contributed by atoms with van der Waals surface area (Å²) in [6.07, 6.45) is 3.04. The van der Waals surface area contributed by atoms with E-state index in [2.05, 4.69) is 65.6 Å². The highest BCUT2D eigenvalue weighted by Gasteiger charge is 2.44. The van der Waals surface area contributed by atoms with Crippen LogP contribution in [0.4, 0.5) is 0 Å². The molecule has 3 rings (SSSR count). The number of aliphatic hydroxyl groups is 1. The van der Waals surface area contributed by atoms with Crippen molar-refractivity contribution < 1.29 is 5.11 Å². The summed E-state index contributed by atoms with van der Waals surface area (Å²) in [4.78, 5) is 2.54. The molecule has 3 heteroatoms. The molecule has 24 heavy (non-hydrogen) atoms. The van der Waals surface area contributed by atoms with Crippen molar-refractivity contribution in [3.8, 4) is 0 Å². The second kappa shape index (κ2) is 7.93. The van der Waals surface area contributed by atoms with Crippen molar-refractivity contribution in [3.05, 3.63) is 71.8 Å². The number of hydrogen-bond acceptors (Lipinski definition) is 3. The first-order valence-electron chi connectivity index (χ1n) is 8.93. The molecule has 0 amide bonds. The van der Waals surface area contributed by atoms with E-state index in [1.807, 2.05) is 0 Å². The highest BCUT2D eigenvalue weighted by Crippen LogP contribution is 2.42. The number of nitrogens with zero attached hydrogens (tertiary/aromatic N) is 1. The topological polar surface area (TPSA) is 49.5 Å². The summed E-state index contributed by atoms with van der Waals surface area (Å²) in [7, 11) is 0. The number of nitrogens with two attached hydrogens (primary N) is 1. The number of rotatable bonds is 8. The lowest BCUT2D eigenvalue weighted by atomic mass is 9.73. The van der Waals surface area contributed by atoms with Crippen molar-refractivity contribution in [2.75, 3.05) is 26.2 Å². The molecule has 0 unspecified atom stereocenters. The van der Waals surface area contributed by atoms with Gasteiger partial charge >= 0.3 is 0 Å². The highest BCUT2D eigenvalue weighted by molar-refractivity contribution is 5.32. The predicted octanol–water partition coefficient (Wildman–Crippen LogP) is 3.20. The van der Waals surface area contributed by atoms with Gasteiger partial charge in [0.05, 0.1) is 6.04 Å². The maximum Gasteiger partial charge on any atom is 0.0602 e. The van der Waals surface area contributed by atoms with Gasteiger partial charge < -0.3 is 10.8 Å². The third-order valence-corrected chi connectivity index (χ3v) is 5.22. The van der Waals surface area contributed by atoms with Gasteiger partial charge in [0.1, 0.15) is 0 Å². The molecule has 2 aromatic rings. The Morgan fingerprint density at radius 3 is 1.92 bits per heavy atom. The Morgan fingerprint density at radius 1 is 0.917 bits per heavy atom. The molecule has 1 aliphatic rings. The molecule has 3 N–H and O–H groups in total. The minimum absolute atomic E-state index is 0.219. The molecule has 1 fully saturated rings. The van der Waals surface area contributed by atoms with Crippen LogP contribution in [-0.4, -0.2) is 36.2 Å². The molecule has 3 nitrogen and oxygen atoms in total. The average Bonchev–Trinajstić information content (AvgIpc) is 2.61. The van der Waals surface area contributed by atoms with E-state index >= 15 is 0 Å². The molecule has 0 radical (unpaired) electrons. The second-order valence-corrected chi connectivity index (χ2v) is 7.01. The zero-order valence-electron chi connectivity index (χ0n) is 14.3. The molecule has 0 bridgehead atoms. The highest BCUT2D eigenvalue weighted by atomic mass is 16.2. The van der Waals surface area contributed by atoms with Gasteiger partial charge in [-0.25, -0.2) is 0 Å². The van der Waals surface area contributed by atoms with Gasteiger partial charge in [0.25, 0.3) is 0 Å². The van der Waals surface area contributed by atoms with Crippen LogP contribution in [0.3, 0.4) is 0 Å². The molecule has 0 aliphatic carbocycles. The van der Waals surface area contributed by atoms with Crippen LogP contribution in [0.1, 0.15) is 36.4 Å². The van der Waals surface area contributed by atoms with E-state index in [0.29, 0.717) is 6.04 Å². The summed E-state index contributed by atoms with van der Waals surface area (Å²) in [5.41, 5.74) is 9.00. The van der Waals surface area contributed by atoms with E-state index in [1.165, 1.54) is 11.1 Å². The molecule has 0 atom stereocenters. The van der Waals surface area contributed by atoms with Gasteiger partial charge in [0.2, 0.25) is 0 Å². The fraction of sp³-hybridized carbons (Fsp3) is 0.429. The van der Waals surface area contributed by atoms with Gasteiger partial charge in [0, 0.05) is 31.7 Å². The normalized spacial score (nSPS) is 17.0. The SMILES string of the molecule is NCC1(CCCCO)CN(C(c2ccccc2)c2ccccc2)C1. The first-order valence-corrected chi connectivity index (χ1v) is 8.93. The number of hydrogen-bond donors (Lipinski definition) is 2. The molecular formula is C21H28N2O. The van der Waals surface area contributed by atoms with Crippen LogP contribution in [0.25, 0.3) is 0 Å². The fourth-order valence-corrected chi connectivity index (χ4v) is 3.88. The minimum atomic E-state index is 0.219. The van der Waals surface area contributed by atoms with E-state index in [0.717, 1.165) is 38.9 Å². The Morgan fingerprint density at radius 2 is 1.46 bits per heavy atom. The maximum absolute atomic E-state index is 9.02. The summed E-state index contributed by atoms with van der Waals surface area (Å²) < 4.78 is 0. The third kappa shape index (κ3) is 3.69. The van der Waals surface area contributed by atoms with Gasteiger partial charge in [0.15, 0.2) is 0 Å². The molecule has 2 aromatic carbocycles. The Balaban J connectivity index is 1.77. The van der Waals surface area contributed by atoms with Crippen LogP contribution in [0.2, 0.25) is 0 Å². The zero-order chi connectivity index (χ0) is 16.8. The third-order valence-electron chi connectivity index (χ3n) is 5.22. The van der Waals surface area contributed by atoms with E-state index in [-0.39, 0.29) is 12.0 Å². The van der Waals surface area contributed by atoms with Gasteiger partial charge in [-0.2, -0.15) is 0 Å². The first kappa shape index (κ1) is 17.2. The monoisotopic (exact) mass is 324 g/mol. The van der Waals surface area contributed by atoms with E-state index in [1.54, 1.807) is 0 Å². The van der Waals surface area contributed by atoms with Crippen molar-refractivity contribution >= 4 is 0 Å². The predicted molar refractivity (Wildman–Crippen MR) is 98.7 cm³/mol. The van der Waals surface area contributed by atoms with Crippen LogP contribution in [0, 0.1) is 5.41 Å². The van der Waals surface area contributed by atoms with Crippen LogP contribution in [0.5, 0.6) is 0 Å². The Bertz CT molecular complexity index is 569. The van der Waals surface area contributed by atoms with E-state index in [9.17, 15) is 0 Å². The molecule has 1 aliphatic heterocycles. The minimum Gasteiger partial charge on any atom is -0.396 e. The summed E-state index contributed by atoms with van der Waals surface area (Å²) >= 11 is 0. The lowest BCUT2D eigenvalue weighted by Gasteiger charge is -2.53. The van der Waals surface area contributed by atoms with Crippen molar-refractivity contribution in [2.45, 2.75) is 25.3 Å². The fourth-order valence-electron chi connectivity index (χ4n) is 3.88. The molecule has 1 saturated heterocycles. The number of benzene rings is 2. The molecule has 128 valence electrons. The lowest BCUT2D eigenvalue weighted by molar-refractivity contribution is -0.0232. The Labute approximate surface area is 145 Å². The van der Waals surface area contributed by atoms with Gasteiger partial charge in [-0.05, 0) is 24.0 Å². The van der Waals surface area contributed by atoms with E-state index < -0.39 is 0 Å².